The molecule has 18 heavy (non-hydrogen) atoms. The Hall–Kier alpha value is -1.42. The van der Waals surface area contributed by atoms with Crippen LogP contribution in [0.25, 0.3) is 5.65 Å². The van der Waals surface area contributed by atoms with Crippen LogP contribution >= 0.6 is 0 Å². The number of likely N-dealkylation sites (tertiary alicyclic amines) is 1. The maximum atomic E-state index is 4.45. The van der Waals surface area contributed by atoms with Crippen LogP contribution in [-0.2, 0) is 0 Å². The average molecular weight is 244 g/mol. The molecular weight excluding hydrogens is 224 g/mol. The lowest BCUT2D eigenvalue weighted by molar-refractivity contribution is 0.149. The van der Waals surface area contributed by atoms with Crippen molar-refractivity contribution in [2.24, 2.45) is 0 Å². The minimum absolute atomic E-state index is 0.430. The topological polar surface area (TPSA) is 33.4 Å². The molecule has 2 aromatic heterocycles. The Bertz CT molecular complexity index is 546. The molecule has 4 heteroatoms. The van der Waals surface area contributed by atoms with Gasteiger partial charge in [-0.3, -0.25) is 9.30 Å². The Kier molecular flexibility index (Phi) is 3.04. The van der Waals surface area contributed by atoms with E-state index in [1.807, 2.05) is 12.1 Å². The number of aryl methyl sites for hydroxylation is 1. The highest BCUT2D eigenvalue weighted by molar-refractivity contribution is 5.40. The smallest absolute Gasteiger partial charge is 0.161 e. The summed E-state index contributed by atoms with van der Waals surface area (Å²) >= 11 is 0. The Labute approximate surface area is 108 Å². The van der Waals surface area contributed by atoms with Crippen LogP contribution in [0.4, 0.5) is 0 Å². The predicted octanol–water partition coefficient (Wildman–Crippen LogP) is 2.58. The first-order valence-electron chi connectivity index (χ1n) is 6.86. The van der Waals surface area contributed by atoms with Gasteiger partial charge >= 0.3 is 0 Å². The summed E-state index contributed by atoms with van der Waals surface area (Å²) in [5.74, 6) is 1.12. The van der Waals surface area contributed by atoms with Crippen molar-refractivity contribution in [3.63, 3.8) is 0 Å². The van der Waals surface area contributed by atoms with Crippen LogP contribution in [0.2, 0.25) is 0 Å². The lowest BCUT2D eigenvalue weighted by atomic mass is 10.0. The van der Waals surface area contributed by atoms with Gasteiger partial charge < -0.3 is 0 Å². The van der Waals surface area contributed by atoms with Gasteiger partial charge in [0.05, 0.1) is 6.04 Å². The van der Waals surface area contributed by atoms with Crippen LogP contribution in [0.5, 0.6) is 0 Å². The Morgan fingerprint density at radius 1 is 1.28 bits per heavy atom. The van der Waals surface area contributed by atoms with E-state index in [9.17, 15) is 0 Å². The van der Waals surface area contributed by atoms with Crippen LogP contribution in [0.1, 0.15) is 43.7 Å². The fourth-order valence-corrected chi connectivity index (χ4v) is 3.00. The highest BCUT2D eigenvalue weighted by Crippen LogP contribution is 2.30. The molecule has 1 aliphatic heterocycles. The van der Waals surface area contributed by atoms with Crippen LogP contribution < -0.4 is 0 Å². The number of piperidine rings is 1. The van der Waals surface area contributed by atoms with Crippen molar-refractivity contribution < 1.29 is 0 Å². The maximum absolute atomic E-state index is 4.45. The monoisotopic (exact) mass is 244 g/mol. The molecule has 0 amide bonds. The van der Waals surface area contributed by atoms with Crippen molar-refractivity contribution in [2.75, 3.05) is 13.1 Å². The summed E-state index contributed by atoms with van der Waals surface area (Å²) in [6.45, 7) is 6.63. The molecule has 1 unspecified atom stereocenters. The number of pyridine rings is 1. The molecule has 2 aromatic rings. The zero-order valence-electron chi connectivity index (χ0n) is 11.1. The van der Waals surface area contributed by atoms with Gasteiger partial charge in [0.1, 0.15) is 0 Å². The molecule has 0 aromatic carbocycles. The van der Waals surface area contributed by atoms with Gasteiger partial charge in [-0.15, -0.1) is 10.2 Å². The van der Waals surface area contributed by atoms with E-state index in [2.05, 4.69) is 39.4 Å². The second kappa shape index (κ2) is 4.69. The molecule has 1 aliphatic rings. The van der Waals surface area contributed by atoms with E-state index < -0.39 is 0 Å². The van der Waals surface area contributed by atoms with Crippen molar-refractivity contribution in [3.8, 4) is 0 Å². The summed E-state index contributed by atoms with van der Waals surface area (Å²) in [4.78, 5) is 2.52. The lowest BCUT2D eigenvalue weighted by Gasteiger charge is -2.33. The van der Waals surface area contributed by atoms with Gasteiger partial charge in [-0.05, 0) is 45.0 Å². The molecule has 3 heterocycles. The average Bonchev–Trinajstić information content (AvgIpc) is 2.84. The van der Waals surface area contributed by atoms with Crippen molar-refractivity contribution in [1.82, 2.24) is 19.5 Å². The van der Waals surface area contributed by atoms with E-state index >= 15 is 0 Å². The molecular formula is C14H20N4. The number of hydrogen-bond acceptors (Lipinski definition) is 3. The first-order chi connectivity index (χ1) is 8.81. The van der Waals surface area contributed by atoms with E-state index in [-0.39, 0.29) is 0 Å². The van der Waals surface area contributed by atoms with Gasteiger partial charge in [-0.1, -0.05) is 19.4 Å². The van der Waals surface area contributed by atoms with Gasteiger partial charge in [0.2, 0.25) is 0 Å². The van der Waals surface area contributed by atoms with E-state index in [0.717, 1.165) is 18.0 Å². The molecule has 1 fully saturated rings. The van der Waals surface area contributed by atoms with Crippen molar-refractivity contribution in [1.29, 1.82) is 0 Å². The van der Waals surface area contributed by atoms with E-state index in [1.54, 1.807) is 0 Å². The van der Waals surface area contributed by atoms with E-state index in [4.69, 9.17) is 0 Å². The van der Waals surface area contributed by atoms with Gasteiger partial charge in [-0.2, -0.15) is 0 Å². The molecule has 96 valence electrons. The van der Waals surface area contributed by atoms with E-state index in [0.29, 0.717) is 6.04 Å². The molecule has 0 aliphatic carbocycles. The third-order valence-electron chi connectivity index (χ3n) is 3.97. The molecule has 1 saturated heterocycles. The van der Waals surface area contributed by atoms with Gasteiger partial charge in [0.25, 0.3) is 0 Å². The van der Waals surface area contributed by atoms with Crippen molar-refractivity contribution >= 4 is 5.65 Å². The minimum atomic E-state index is 0.430. The normalized spacial score (nSPS) is 21.6. The van der Waals surface area contributed by atoms with Crippen molar-refractivity contribution in [3.05, 3.63) is 29.7 Å². The SMILES string of the molecule is CCN1CCCCC1c1nnc2cccc(C)n12. The molecule has 0 bridgehead atoms. The molecule has 4 nitrogen and oxygen atoms in total. The highest BCUT2D eigenvalue weighted by atomic mass is 15.3. The first kappa shape index (κ1) is 11.7. The summed E-state index contributed by atoms with van der Waals surface area (Å²) in [6, 6.07) is 6.63. The zero-order valence-corrected chi connectivity index (χ0v) is 11.1. The molecule has 0 saturated carbocycles. The third kappa shape index (κ3) is 1.81. The zero-order chi connectivity index (χ0) is 12.5. The fourth-order valence-electron chi connectivity index (χ4n) is 3.00. The van der Waals surface area contributed by atoms with E-state index in [1.165, 1.54) is 31.5 Å². The Balaban J connectivity index is 2.07. The minimum Gasteiger partial charge on any atom is -0.294 e. The molecule has 0 spiro atoms. The standard InChI is InChI=1S/C14H20N4/c1-3-17-10-5-4-8-12(17)14-16-15-13-9-6-7-11(2)18(13)14/h6-7,9,12H,3-5,8,10H2,1-2H3. The van der Waals surface area contributed by atoms with Gasteiger partial charge in [0.15, 0.2) is 11.5 Å². The van der Waals surface area contributed by atoms with Crippen LogP contribution in [0, 0.1) is 6.92 Å². The summed E-state index contributed by atoms with van der Waals surface area (Å²) in [5, 5.41) is 8.76. The van der Waals surface area contributed by atoms with Gasteiger partial charge in [0, 0.05) is 5.69 Å². The summed E-state index contributed by atoms with van der Waals surface area (Å²) in [7, 11) is 0. The Morgan fingerprint density at radius 2 is 2.17 bits per heavy atom. The number of nitrogens with zero attached hydrogens (tertiary/aromatic N) is 4. The fraction of sp³-hybridized carbons (Fsp3) is 0.571. The van der Waals surface area contributed by atoms with Crippen molar-refractivity contribution in [2.45, 2.75) is 39.2 Å². The van der Waals surface area contributed by atoms with Gasteiger partial charge in [-0.25, -0.2) is 0 Å². The highest BCUT2D eigenvalue weighted by Gasteiger charge is 2.26. The van der Waals surface area contributed by atoms with Crippen LogP contribution in [-0.4, -0.2) is 32.6 Å². The van der Waals surface area contributed by atoms with Crippen LogP contribution in [0.3, 0.4) is 0 Å². The summed E-state index contributed by atoms with van der Waals surface area (Å²) in [5.41, 5.74) is 2.18. The predicted molar refractivity (Wildman–Crippen MR) is 71.6 cm³/mol. The lowest BCUT2D eigenvalue weighted by Crippen LogP contribution is -2.34. The Morgan fingerprint density at radius 3 is 3.00 bits per heavy atom. The molecule has 0 N–H and O–H groups in total. The molecule has 1 atom stereocenters. The number of fused-ring (bicyclic) bond motifs is 1. The molecule has 0 radical (unpaired) electrons. The first-order valence-corrected chi connectivity index (χ1v) is 6.86. The van der Waals surface area contributed by atoms with Crippen LogP contribution in [0.15, 0.2) is 18.2 Å². The number of aromatic nitrogens is 3. The quantitative estimate of drug-likeness (QED) is 0.814. The third-order valence-corrected chi connectivity index (χ3v) is 3.97. The number of rotatable bonds is 2. The second-order valence-corrected chi connectivity index (χ2v) is 5.06. The summed E-state index contributed by atoms with van der Waals surface area (Å²) in [6.07, 6.45) is 3.80. The molecule has 3 rings (SSSR count). The largest absolute Gasteiger partial charge is 0.294 e. The maximum Gasteiger partial charge on any atom is 0.161 e. The number of hydrogen-bond donors (Lipinski definition) is 0. The summed E-state index contributed by atoms with van der Waals surface area (Å²) < 4.78 is 2.21. The second-order valence-electron chi connectivity index (χ2n) is 5.06.